The molecule has 0 spiro atoms. The normalized spacial score (nSPS) is 12.0. The van der Waals surface area contributed by atoms with Gasteiger partial charge < -0.3 is 5.32 Å². The highest BCUT2D eigenvalue weighted by Gasteiger charge is 2.33. The van der Waals surface area contributed by atoms with E-state index in [9.17, 15) is 13.2 Å². The molecule has 2 aromatic heterocycles. The molecule has 0 aliphatic carbocycles. The molecule has 0 aliphatic heterocycles. The molecule has 2 rings (SSSR count). The molecule has 0 aliphatic rings. The number of rotatable bonds is 2. The van der Waals surface area contributed by atoms with Crippen LogP contribution in [0.5, 0.6) is 0 Å². The van der Waals surface area contributed by atoms with Crippen molar-refractivity contribution in [2.75, 3.05) is 11.9 Å². The van der Waals surface area contributed by atoms with Crippen LogP contribution in [0.15, 0.2) is 12.3 Å². The van der Waals surface area contributed by atoms with Crippen molar-refractivity contribution < 1.29 is 13.2 Å². The summed E-state index contributed by atoms with van der Waals surface area (Å²) in [7, 11) is 0. The van der Waals surface area contributed by atoms with Crippen molar-refractivity contribution in [2.24, 2.45) is 0 Å². The Labute approximate surface area is 93.3 Å². The van der Waals surface area contributed by atoms with Gasteiger partial charge in [0, 0.05) is 18.1 Å². The van der Waals surface area contributed by atoms with Crippen molar-refractivity contribution >= 4 is 27.5 Å². The average Bonchev–Trinajstić information content (AvgIpc) is 2.60. The van der Waals surface area contributed by atoms with Crippen molar-refractivity contribution in [1.29, 1.82) is 0 Å². The lowest BCUT2D eigenvalue weighted by Gasteiger charge is -1.99. The van der Waals surface area contributed by atoms with E-state index in [4.69, 9.17) is 0 Å². The van der Waals surface area contributed by atoms with Crippen LogP contribution in [-0.2, 0) is 6.18 Å². The number of nitrogens with one attached hydrogen (secondary N) is 1. The number of thiophene rings is 1. The van der Waals surface area contributed by atoms with Crippen LogP contribution in [0.4, 0.5) is 19.1 Å². The molecule has 7 heteroatoms. The lowest BCUT2D eigenvalue weighted by molar-refractivity contribution is -0.134. The molecule has 0 radical (unpaired) electrons. The van der Waals surface area contributed by atoms with Crippen LogP contribution in [0, 0.1) is 0 Å². The van der Waals surface area contributed by atoms with E-state index >= 15 is 0 Å². The van der Waals surface area contributed by atoms with E-state index < -0.39 is 11.1 Å². The summed E-state index contributed by atoms with van der Waals surface area (Å²) in [5.74, 6) is 0.352. The SMILES string of the molecule is CCNc1ncc2cc(C(F)(F)F)sc2n1. The zero-order valence-corrected chi connectivity index (χ0v) is 9.11. The highest BCUT2D eigenvalue weighted by molar-refractivity contribution is 7.18. The Kier molecular flexibility index (Phi) is 2.71. The second-order valence-electron chi connectivity index (χ2n) is 3.09. The minimum absolute atomic E-state index is 0.346. The predicted octanol–water partition coefficient (Wildman–Crippen LogP) is 3.14. The van der Waals surface area contributed by atoms with Crippen LogP contribution < -0.4 is 5.32 Å². The molecule has 0 unspecified atom stereocenters. The maximum Gasteiger partial charge on any atom is 0.425 e. The average molecular weight is 247 g/mol. The van der Waals surface area contributed by atoms with Crippen LogP contribution in [0.2, 0.25) is 0 Å². The van der Waals surface area contributed by atoms with Crippen molar-refractivity contribution in [1.82, 2.24) is 9.97 Å². The fourth-order valence-electron chi connectivity index (χ4n) is 1.21. The maximum atomic E-state index is 12.4. The summed E-state index contributed by atoms with van der Waals surface area (Å²) in [5.41, 5.74) is 0. The predicted molar refractivity (Wildman–Crippen MR) is 56.6 cm³/mol. The highest BCUT2D eigenvalue weighted by atomic mass is 32.1. The highest BCUT2D eigenvalue weighted by Crippen LogP contribution is 2.37. The zero-order valence-electron chi connectivity index (χ0n) is 8.30. The van der Waals surface area contributed by atoms with E-state index in [0.29, 0.717) is 34.0 Å². The number of hydrogen-bond donors (Lipinski definition) is 1. The minimum atomic E-state index is -4.32. The van der Waals surface area contributed by atoms with E-state index in [1.807, 2.05) is 6.92 Å². The molecule has 0 amide bonds. The van der Waals surface area contributed by atoms with E-state index in [-0.39, 0.29) is 0 Å². The summed E-state index contributed by atoms with van der Waals surface area (Å²) in [6.07, 6.45) is -2.92. The summed E-state index contributed by atoms with van der Waals surface area (Å²) < 4.78 is 37.3. The molecule has 2 heterocycles. The number of anilines is 1. The molecule has 1 N–H and O–H groups in total. The third-order valence-electron chi connectivity index (χ3n) is 1.89. The standard InChI is InChI=1S/C9H8F3N3S/c1-2-13-8-14-4-5-3-6(9(10,11)12)16-7(5)15-8/h3-4H,2H2,1H3,(H,13,14,15). The third kappa shape index (κ3) is 2.08. The molecule has 0 saturated carbocycles. The number of hydrogen-bond acceptors (Lipinski definition) is 4. The number of aromatic nitrogens is 2. The first-order valence-electron chi connectivity index (χ1n) is 4.58. The molecule has 16 heavy (non-hydrogen) atoms. The number of fused-ring (bicyclic) bond motifs is 1. The van der Waals surface area contributed by atoms with Gasteiger partial charge in [-0.1, -0.05) is 0 Å². The Morgan fingerprint density at radius 3 is 2.81 bits per heavy atom. The largest absolute Gasteiger partial charge is 0.425 e. The van der Waals surface area contributed by atoms with Crippen LogP contribution in [0.3, 0.4) is 0 Å². The molecule has 0 atom stereocenters. The van der Waals surface area contributed by atoms with Crippen molar-refractivity contribution in [2.45, 2.75) is 13.1 Å². The number of nitrogens with zero attached hydrogens (tertiary/aromatic N) is 2. The number of halogens is 3. The van der Waals surface area contributed by atoms with E-state index in [1.54, 1.807) is 0 Å². The van der Waals surface area contributed by atoms with Gasteiger partial charge in [-0.25, -0.2) is 9.97 Å². The first-order valence-corrected chi connectivity index (χ1v) is 5.40. The van der Waals surface area contributed by atoms with E-state index in [0.717, 1.165) is 6.07 Å². The maximum absolute atomic E-state index is 12.4. The Balaban J connectivity index is 2.46. The Morgan fingerprint density at radius 2 is 2.19 bits per heavy atom. The van der Waals surface area contributed by atoms with Crippen LogP contribution in [0.1, 0.15) is 11.8 Å². The first-order chi connectivity index (χ1) is 7.50. The smallest absolute Gasteiger partial charge is 0.354 e. The van der Waals surface area contributed by atoms with Crippen molar-refractivity contribution in [3.63, 3.8) is 0 Å². The monoisotopic (exact) mass is 247 g/mol. The van der Waals surface area contributed by atoms with Gasteiger partial charge >= 0.3 is 6.18 Å². The van der Waals surface area contributed by atoms with Crippen molar-refractivity contribution in [3.05, 3.63) is 17.1 Å². The molecule has 0 aromatic carbocycles. The summed E-state index contributed by atoms with van der Waals surface area (Å²) in [5, 5.41) is 3.27. The quantitative estimate of drug-likeness (QED) is 0.885. The van der Waals surface area contributed by atoms with Gasteiger partial charge in [-0.2, -0.15) is 13.2 Å². The molecular weight excluding hydrogens is 239 g/mol. The summed E-state index contributed by atoms with van der Waals surface area (Å²) in [4.78, 5) is 7.60. The second-order valence-corrected chi connectivity index (χ2v) is 4.12. The van der Waals surface area contributed by atoms with Gasteiger partial charge in [-0.3, -0.25) is 0 Å². The first kappa shape index (κ1) is 11.1. The second kappa shape index (κ2) is 3.89. The topological polar surface area (TPSA) is 37.8 Å². The summed E-state index contributed by atoms with van der Waals surface area (Å²) in [6.45, 7) is 2.49. The van der Waals surface area contributed by atoms with Crippen molar-refractivity contribution in [3.8, 4) is 0 Å². The van der Waals surface area contributed by atoms with E-state index in [1.165, 1.54) is 6.20 Å². The summed E-state index contributed by atoms with van der Waals surface area (Å²) >= 11 is 0.628. The Hall–Kier alpha value is -1.37. The molecule has 3 nitrogen and oxygen atoms in total. The van der Waals surface area contributed by atoms with Crippen LogP contribution >= 0.6 is 11.3 Å². The minimum Gasteiger partial charge on any atom is -0.354 e. The van der Waals surface area contributed by atoms with Gasteiger partial charge in [0.15, 0.2) is 0 Å². The van der Waals surface area contributed by atoms with Gasteiger partial charge in [0.2, 0.25) is 5.95 Å². The molecule has 2 aromatic rings. The zero-order chi connectivity index (χ0) is 11.8. The van der Waals surface area contributed by atoms with Crippen LogP contribution in [-0.4, -0.2) is 16.5 Å². The Morgan fingerprint density at radius 1 is 1.44 bits per heavy atom. The van der Waals surface area contributed by atoms with Crippen LogP contribution in [0.25, 0.3) is 10.2 Å². The van der Waals surface area contributed by atoms with Gasteiger partial charge in [0.25, 0.3) is 0 Å². The molecule has 0 bridgehead atoms. The molecule has 86 valence electrons. The molecular formula is C9H8F3N3S. The summed E-state index contributed by atoms with van der Waals surface area (Å²) in [6, 6.07) is 1.07. The lowest BCUT2D eigenvalue weighted by atomic mass is 10.3. The third-order valence-corrected chi connectivity index (χ3v) is 2.98. The molecule has 0 saturated heterocycles. The fraction of sp³-hybridized carbons (Fsp3) is 0.333. The fourth-order valence-corrected chi connectivity index (χ4v) is 2.09. The van der Waals surface area contributed by atoms with Gasteiger partial charge in [0.1, 0.15) is 9.71 Å². The van der Waals surface area contributed by atoms with Gasteiger partial charge in [0.05, 0.1) is 0 Å². The van der Waals surface area contributed by atoms with E-state index in [2.05, 4.69) is 15.3 Å². The van der Waals surface area contributed by atoms with Gasteiger partial charge in [-0.05, 0) is 13.0 Å². The molecule has 0 fully saturated rings. The van der Waals surface area contributed by atoms with Gasteiger partial charge in [-0.15, -0.1) is 11.3 Å². The Bertz CT molecular complexity index is 506. The number of alkyl halides is 3. The lowest BCUT2D eigenvalue weighted by Crippen LogP contribution is -2.00.